The van der Waals surface area contributed by atoms with E-state index in [9.17, 15) is 13.2 Å². The monoisotopic (exact) mass is 300 g/mol. The van der Waals surface area contributed by atoms with Crippen LogP contribution in [-0.4, -0.2) is 39.4 Å². The van der Waals surface area contributed by atoms with Gasteiger partial charge in [-0.15, -0.1) is 0 Å². The third kappa shape index (κ3) is 3.49. The summed E-state index contributed by atoms with van der Waals surface area (Å²) in [5.41, 5.74) is 7.40. The van der Waals surface area contributed by atoms with Crippen molar-refractivity contribution in [1.29, 1.82) is 0 Å². The molecule has 0 amide bonds. The SMILES string of the molecule is COC(=O)CCN(C)S(=O)(=O)c1c(C)cc(N)cc1C. The van der Waals surface area contributed by atoms with Crippen LogP contribution in [0.1, 0.15) is 17.5 Å². The highest BCUT2D eigenvalue weighted by Gasteiger charge is 2.25. The number of hydrogen-bond donors (Lipinski definition) is 1. The summed E-state index contributed by atoms with van der Waals surface area (Å²) in [5, 5.41) is 0. The number of anilines is 1. The minimum atomic E-state index is -3.65. The maximum atomic E-state index is 12.5. The quantitative estimate of drug-likeness (QED) is 0.649. The smallest absolute Gasteiger partial charge is 0.306 e. The van der Waals surface area contributed by atoms with Crippen LogP contribution in [0.3, 0.4) is 0 Å². The maximum Gasteiger partial charge on any atom is 0.306 e. The fourth-order valence-corrected chi connectivity index (χ4v) is 3.59. The fourth-order valence-electron chi connectivity index (χ4n) is 2.02. The molecule has 0 fully saturated rings. The standard InChI is InChI=1S/C13H20N2O4S/c1-9-7-11(14)8-10(2)13(9)20(17,18)15(3)6-5-12(16)19-4/h7-8H,5-6,14H2,1-4H3. The molecule has 0 aromatic heterocycles. The predicted octanol–water partition coefficient (Wildman–Crippen LogP) is 1.07. The Labute approximate surface area is 119 Å². The van der Waals surface area contributed by atoms with Crippen molar-refractivity contribution in [3.63, 3.8) is 0 Å². The van der Waals surface area contributed by atoms with Gasteiger partial charge in [0.1, 0.15) is 0 Å². The summed E-state index contributed by atoms with van der Waals surface area (Å²) in [6.45, 7) is 3.47. The van der Waals surface area contributed by atoms with Crippen LogP contribution in [0.15, 0.2) is 17.0 Å². The van der Waals surface area contributed by atoms with Crippen LogP contribution in [0, 0.1) is 13.8 Å². The molecule has 112 valence electrons. The number of hydrogen-bond acceptors (Lipinski definition) is 5. The Morgan fingerprint density at radius 2 is 1.80 bits per heavy atom. The van der Waals surface area contributed by atoms with Crippen molar-refractivity contribution in [1.82, 2.24) is 4.31 Å². The molecule has 0 spiro atoms. The molecule has 0 aliphatic rings. The molecule has 7 heteroatoms. The molecule has 0 heterocycles. The summed E-state index contributed by atoms with van der Waals surface area (Å²) in [5.74, 6) is -0.446. The molecule has 1 rings (SSSR count). The minimum Gasteiger partial charge on any atom is -0.469 e. The first-order valence-corrected chi connectivity index (χ1v) is 7.54. The lowest BCUT2D eigenvalue weighted by atomic mass is 10.1. The molecule has 1 aromatic carbocycles. The third-order valence-electron chi connectivity index (χ3n) is 3.01. The number of benzene rings is 1. The van der Waals surface area contributed by atoms with Crippen molar-refractivity contribution in [2.75, 3.05) is 26.4 Å². The average molecular weight is 300 g/mol. The molecule has 0 atom stereocenters. The van der Waals surface area contributed by atoms with Crippen LogP contribution < -0.4 is 5.73 Å². The van der Waals surface area contributed by atoms with Gasteiger partial charge in [-0.3, -0.25) is 4.79 Å². The number of nitrogens with zero attached hydrogens (tertiary/aromatic N) is 1. The predicted molar refractivity (Wildman–Crippen MR) is 76.8 cm³/mol. The van der Waals surface area contributed by atoms with Gasteiger partial charge < -0.3 is 10.5 Å². The van der Waals surface area contributed by atoms with Crippen molar-refractivity contribution in [2.45, 2.75) is 25.2 Å². The van der Waals surface area contributed by atoms with Gasteiger partial charge in [-0.1, -0.05) is 0 Å². The summed E-state index contributed by atoms with van der Waals surface area (Å²) in [7, 11) is -0.944. The molecule has 0 saturated heterocycles. The Bertz CT molecular complexity index is 588. The van der Waals surface area contributed by atoms with E-state index in [0.717, 1.165) is 4.31 Å². The van der Waals surface area contributed by atoms with E-state index in [-0.39, 0.29) is 17.9 Å². The molecule has 6 nitrogen and oxygen atoms in total. The van der Waals surface area contributed by atoms with Crippen LogP contribution in [0.5, 0.6) is 0 Å². The number of rotatable bonds is 5. The average Bonchev–Trinajstić information content (AvgIpc) is 2.33. The summed E-state index contributed by atoms with van der Waals surface area (Å²) >= 11 is 0. The van der Waals surface area contributed by atoms with Crippen molar-refractivity contribution in [2.24, 2.45) is 0 Å². The largest absolute Gasteiger partial charge is 0.469 e. The van der Waals surface area contributed by atoms with Gasteiger partial charge in [-0.2, -0.15) is 0 Å². The highest BCUT2D eigenvalue weighted by molar-refractivity contribution is 7.89. The van der Waals surface area contributed by atoms with Gasteiger partial charge in [-0.25, -0.2) is 12.7 Å². The molecule has 0 unspecified atom stereocenters. The zero-order valence-electron chi connectivity index (χ0n) is 12.1. The molecule has 20 heavy (non-hydrogen) atoms. The highest BCUT2D eigenvalue weighted by atomic mass is 32.2. The summed E-state index contributed by atoms with van der Waals surface area (Å²) < 4.78 is 30.7. The van der Waals surface area contributed by atoms with E-state index in [1.807, 2.05) is 0 Å². The molecule has 0 bridgehead atoms. The number of carbonyl (C=O) groups is 1. The minimum absolute atomic E-state index is 0.0132. The number of carbonyl (C=O) groups excluding carboxylic acids is 1. The fraction of sp³-hybridized carbons (Fsp3) is 0.462. The lowest BCUT2D eigenvalue weighted by Gasteiger charge is -2.20. The number of sulfonamides is 1. The lowest BCUT2D eigenvalue weighted by molar-refractivity contribution is -0.140. The van der Waals surface area contributed by atoms with Gasteiger partial charge in [-0.05, 0) is 37.1 Å². The Morgan fingerprint density at radius 3 is 2.25 bits per heavy atom. The summed E-state index contributed by atoms with van der Waals surface area (Å²) in [6.07, 6.45) is 0.0132. The van der Waals surface area contributed by atoms with Crippen LogP contribution in [0.25, 0.3) is 0 Å². The van der Waals surface area contributed by atoms with Gasteiger partial charge in [0.2, 0.25) is 10.0 Å². The first kappa shape index (κ1) is 16.5. The molecule has 0 aliphatic carbocycles. The van der Waals surface area contributed by atoms with Gasteiger partial charge in [0.15, 0.2) is 0 Å². The van der Waals surface area contributed by atoms with E-state index >= 15 is 0 Å². The van der Waals surface area contributed by atoms with Gasteiger partial charge in [0, 0.05) is 19.3 Å². The molecular formula is C13H20N2O4S. The first-order chi connectivity index (χ1) is 9.20. The van der Waals surface area contributed by atoms with Crippen LogP contribution in [0.2, 0.25) is 0 Å². The van der Waals surface area contributed by atoms with Gasteiger partial charge >= 0.3 is 5.97 Å². The summed E-state index contributed by atoms with van der Waals surface area (Å²) in [6, 6.07) is 3.24. The molecule has 0 saturated carbocycles. The van der Waals surface area contributed by atoms with Crippen molar-refractivity contribution >= 4 is 21.7 Å². The second kappa shape index (κ2) is 6.23. The zero-order valence-corrected chi connectivity index (χ0v) is 13.0. The van der Waals surface area contributed by atoms with Crippen LogP contribution >= 0.6 is 0 Å². The third-order valence-corrected chi connectivity index (χ3v) is 5.17. The van der Waals surface area contributed by atoms with E-state index in [1.165, 1.54) is 14.2 Å². The first-order valence-electron chi connectivity index (χ1n) is 6.10. The highest BCUT2D eigenvalue weighted by Crippen LogP contribution is 2.25. The van der Waals surface area contributed by atoms with E-state index in [2.05, 4.69) is 4.74 Å². The molecule has 0 aliphatic heterocycles. The number of nitrogens with two attached hydrogens (primary N) is 1. The maximum absolute atomic E-state index is 12.5. The van der Waals surface area contributed by atoms with E-state index < -0.39 is 16.0 Å². The van der Waals surface area contributed by atoms with E-state index in [4.69, 9.17) is 5.73 Å². The van der Waals surface area contributed by atoms with Gasteiger partial charge in [0.05, 0.1) is 18.4 Å². The van der Waals surface area contributed by atoms with Crippen molar-refractivity contribution < 1.29 is 17.9 Å². The number of esters is 1. The Kier molecular flexibility index (Phi) is 5.13. The Hall–Kier alpha value is -1.60. The molecule has 1 aromatic rings. The van der Waals surface area contributed by atoms with Gasteiger partial charge in [0.25, 0.3) is 0 Å². The summed E-state index contributed by atoms with van der Waals surface area (Å²) in [4.78, 5) is 11.3. The van der Waals surface area contributed by atoms with E-state index in [0.29, 0.717) is 16.8 Å². The Morgan fingerprint density at radius 1 is 1.30 bits per heavy atom. The van der Waals surface area contributed by atoms with Crippen LogP contribution in [0.4, 0.5) is 5.69 Å². The zero-order chi connectivity index (χ0) is 15.5. The number of ether oxygens (including phenoxy) is 1. The number of methoxy groups -OCH3 is 1. The number of nitrogen functional groups attached to an aromatic ring is 1. The second-order valence-corrected chi connectivity index (χ2v) is 6.62. The Balaban J connectivity index is 3.08. The van der Waals surface area contributed by atoms with Crippen molar-refractivity contribution in [3.8, 4) is 0 Å². The molecule has 0 radical (unpaired) electrons. The van der Waals surface area contributed by atoms with Crippen molar-refractivity contribution in [3.05, 3.63) is 23.3 Å². The number of aryl methyl sites for hydroxylation is 2. The van der Waals surface area contributed by atoms with E-state index in [1.54, 1.807) is 26.0 Å². The second-order valence-electron chi connectivity index (χ2n) is 4.64. The topological polar surface area (TPSA) is 89.7 Å². The molecular weight excluding hydrogens is 280 g/mol. The lowest BCUT2D eigenvalue weighted by Crippen LogP contribution is -2.30. The van der Waals surface area contributed by atoms with Crippen LogP contribution in [-0.2, 0) is 19.6 Å². The molecule has 2 N–H and O–H groups in total. The normalized spacial score (nSPS) is 11.7.